The van der Waals surface area contributed by atoms with Crippen molar-refractivity contribution in [2.75, 3.05) is 13.2 Å². The summed E-state index contributed by atoms with van der Waals surface area (Å²) in [4.78, 5) is 14.4. The number of ketones is 1. The molecule has 0 heterocycles. The molecule has 1 N–H and O–H groups in total. The van der Waals surface area contributed by atoms with E-state index in [1.165, 1.54) is 6.92 Å². The number of aliphatic imine (C=N–C) groups is 1. The molecule has 0 unspecified atom stereocenters. The summed E-state index contributed by atoms with van der Waals surface area (Å²) in [6.45, 7) is 3.77. The van der Waals surface area contributed by atoms with Crippen molar-refractivity contribution in [3.8, 4) is 0 Å². The van der Waals surface area contributed by atoms with Crippen molar-refractivity contribution in [2.45, 2.75) is 20.3 Å². The van der Waals surface area contributed by atoms with Crippen LogP contribution in [0.4, 0.5) is 0 Å². The number of aliphatic hydroxyl groups is 1. The summed E-state index contributed by atoms with van der Waals surface area (Å²) in [5.74, 6) is 0.110. The minimum absolute atomic E-state index is 0.0508. The fraction of sp³-hybridized carbons (Fsp3) is 0.714. The lowest BCUT2D eigenvalue weighted by Gasteiger charge is -1.94. The molecule has 0 aromatic carbocycles. The van der Waals surface area contributed by atoms with Crippen LogP contribution in [0.25, 0.3) is 0 Å². The summed E-state index contributed by atoms with van der Waals surface area (Å²) < 4.78 is 0. The first kappa shape index (κ1) is 9.30. The minimum Gasteiger partial charge on any atom is -0.394 e. The summed E-state index contributed by atoms with van der Waals surface area (Å²) in [6, 6.07) is 0. The summed E-state index contributed by atoms with van der Waals surface area (Å²) in [5.41, 5.74) is 0.793. The SMILES string of the molecule is CC(=O)C/C(C)=N\CCO. The molecule has 0 radical (unpaired) electrons. The van der Waals surface area contributed by atoms with Crippen LogP contribution >= 0.6 is 0 Å². The molecule has 0 aliphatic heterocycles. The average molecular weight is 143 g/mol. The molecule has 0 saturated carbocycles. The highest BCUT2D eigenvalue weighted by atomic mass is 16.3. The number of aliphatic hydroxyl groups excluding tert-OH is 1. The van der Waals surface area contributed by atoms with E-state index in [9.17, 15) is 4.79 Å². The zero-order chi connectivity index (χ0) is 7.98. The Bertz CT molecular complexity index is 141. The van der Waals surface area contributed by atoms with E-state index in [2.05, 4.69) is 4.99 Å². The second-order valence-electron chi connectivity index (χ2n) is 2.22. The van der Waals surface area contributed by atoms with Crippen molar-refractivity contribution < 1.29 is 9.90 Å². The van der Waals surface area contributed by atoms with E-state index in [1.54, 1.807) is 6.92 Å². The van der Waals surface area contributed by atoms with Crippen molar-refractivity contribution in [2.24, 2.45) is 4.99 Å². The van der Waals surface area contributed by atoms with Gasteiger partial charge in [-0.05, 0) is 13.8 Å². The van der Waals surface area contributed by atoms with Gasteiger partial charge in [0, 0.05) is 12.1 Å². The molecule has 3 heteroatoms. The molecule has 10 heavy (non-hydrogen) atoms. The monoisotopic (exact) mass is 143 g/mol. The molecular weight excluding hydrogens is 130 g/mol. The van der Waals surface area contributed by atoms with E-state index in [4.69, 9.17) is 5.11 Å². The Balaban J connectivity index is 3.59. The third-order valence-corrected chi connectivity index (χ3v) is 0.986. The zero-order valence-electron chi connectivity index (χ0n) is 6.42. The Morgan fingerprint density at radius 1 is 1.50 bits per heavy atom. The number of carbonyl (C=O) groups is 1. The van der Waals surface area contributed by atoms with E-state index >= 15 is 0 Å². The smallest absolute Gasteiger partial charge is 0.135 e. The lowest BCUT2D eigenvalue weighted by molar-refractivity contribution is -0.115. The van der Waals surface area contributed by atoms with Gasteiger partial charge >= 0.3 is 0 Å². The molecule has 0 bridgehead atoms. The second-order valence-corrected chi connectivity index (χ2v) is 2.22. The number of hydrogen-bond donors (Lipinski definition) is 1. The van der Waals surface area contributed by atoms with Crippen LogP contribution in [-0.4, -0.2) is 29.8 Å². The predicted molar refractivity (Wildman–Crippen MR) is 40.4 cm³/mol. The van der Waals surface area contributed by atoms with Crippen LogP contribution in [0, 0.1) is 0 Å². The highest BCUT2D eigenvalue weighted by Gasteiger charge is 1.94. The Kier molecular flexibility index (Phi) is 4.76. The van der Waals surface area contributed by atoms with Gasteiger partial charge in [-0.25, -0.2) is 0 Å². The predicted octanol–water partition coefficient (Wildman–Crippen LogP) is 0.419. The molecule has 0 aliphatic carbocycles. The van der Waals surface area contributed by atoms with Crippen molar-refractivity contribution >= 4 is 11.5 Å². The normalized spacial score (nSPS) is 11.7. The first-order chi connectivity index (χ1) is 4.66. The van der Waals surface area contributed by atoms with E-state index in [-0.39, 0.29) is 12.4 Å². The maximum atomic E-state index is 10.5. The van der Waals surface area contributed by atoms with Gasteiger partial charge in [-0.2, -0.15) is 0 Å². The van der Waals surface area contributed by atoms with Gasteiger partial charge in [-0.1, -0.05) is 0 Å². The van der Waals surface area contributed by atoms with Crippen LogP contribution in [0.15, 0.2) is 4.99 Å². The molecule has 0 spiro atoms. The summed E-state index contributed by atoms with van der Waals surface area (Å²) >= 11 is 0. The third kappa shape index (κ3) is 5.44. The van der Waals surface area contributed by atoms with Crippen molar-refractivity contribution in [3.05, 3.63) is 0 Å². The number of Topliss-reactive ketones (excluding diaryl/α,β-unsaturated/α-hetero) is 1. The third-order valence-electron chi connectivity index (χ3n) is 0.986. The zero-order valence-corrected chi connectivity index (χ0v) is 6.42. The van der Waals surface area contributed by atoms with Crippen LogP contribution in [0.1, 0.15) is 20.3 Å². The number of hydrogen-bond acceptors (Lipinski definition) is 3. The first-order valence-electron chi connectivity index (χ1n) is 3.27. The molecule has 0 aliphatic rings. The molecule has 0 amide bonds. The Labute approximate surface area is 60.8 Å². The van der Waals surface area contributed by atoms with E-state index in [1.807, 2.05) is 0 Å². The van der Waals surface area contributed by atoms with Gasteiger partial charge in [-0.3, -0.25) is 9.79 Å². The van der Waals surface area contributed by atoms with Crippen LogP contribution < -0.4 is 0 Å². The Morgan fingerprint density at radius 2 is 2.10 bits per heavy atom. The summed E-state index contributed by atoms with van der Waals surface area (Å²) in [5, 5.41) is 8.36. The van der Waals surface area contributed by atoms with Gasteiger partial charge in [0.25, 0.3) is 0 Å². The fourth-order valence-corrected chi connectivity index (χ4v) is 0.657. The quantitative estimate of drug-likeness (QED) is 0.580. The van der Waals surface area contributed by atoms with Gasteiger partial charge in [-0.15, -0.1) is 0 Å². The summed E-state index contributed by atoms with van der Waals surface area (Å²) in [6.07, 6.45) is 0.403. The molecule has 0 aromatic heterocycles. The lowest BCUT2D eigenvalue weighted by Crippen LogP contribution is -2.01. The highest BCUT2D eigenvalue weighted by Crippen LogP contribution is 1.87. The van der Waals surface area contributed by atoms with Gasteiger partial charge in [0.1, 0.15) is 5.78 Å². The molecule has 58 valence electrons. The Morgan fingerprint density at radius 3 is 2.50 bits per heavy atom. The average Bonchev–Trinajstić information content (AvgIpc) is 1.82. The summed E-state index contributed by atoms with van der Waals surface area (Å²) in [7, 11) is 0. The molecule has 0 aromatic rings. The second kappa shape index (κ2) is 5.11. The fourth-order valence-electron chi connectivity index (χ4n) is 0.657. The van der Waals surface area contributed by atoms with Crippen LogP contribution in [0.2, 0.25) is 0 Å². The van der Waals surface area contributed by atoms with Crippen molar-refractivity contribution in [3.63, 3.8) is 0 Å². The van der Waals surface area contributed by atoms with Crippen molar-refractivity contribution in [1.82, 2.24) is 0 Å². The molecule has 0 fully saturated rings. The molecule has 0 rings (SSSR count). The topological polar surface area (TPSA) is 49.7 Å². The van der Waals surface area contributed by atoms with E-state index in [0.29, 0.717) is 13.0 Å². The standard InChI is InChI=1S/C7H13NO2/c1-6(5-7(2)10)8-3-4-9/h9H,3-5H2,1-2H3/b8-6-. The van der Waals surface area contributed by atoms with E-state index in [0.717, 1.165) is 5.71 Å². The van der Waals surface area contributed by atoms with Crippen LogP contribution in [-0.2, 0) is 4.79 Å². The maximum absolute atomic E-state index is 10.5. The Hall–Kier alpha value is -0.700. The van der Waals surface area contributed by atoms with Crippen LogP contribution in [0.5, 0.6) is 0 Å². The number of carbonyl (C=O) groups excluding carboxylic acids is 1. The first-order valence-corrected chi connectivity index (χ1v) is 3.27. The van der Waals surface area contributed by atoms with E-state index < -0.39 is 0 Å². The molecule has 3 nitrogen and oxygen atoms in total. The van der Waals surface area contributed by atoms with Gasteiger partial charge < -0.3 is 5.11 Å². The highest BCUT2D eigenvalue weighted by molar-refractivity contribution is 5.99. The largest absolute Gasteiger partial charge is 0.394 e. The number of rotatable bonds is 4. The number of nitrogens with zero attached hydrogens (tertiary/aromatic N) is 1. The molecule has 0 atom stereocenters. The van der Waals surface area contributed by atoms with Crippen molar-refractivity contribution in [1.29, 1.82) is 0 Å². The van der Waals surface area contributed by atoms with Gasteiger partial charge in [0.05, 0.1) is 13.2 Å². The van der Waals surface area contributed by atoms with Gasteiger partial charge in [0.2, 0.25) is 0 Å². The van der Waals surface area contributed by atoms with Crippen LogP contribution in [0.3, 0.4) is 0 Å². The minimum atomic E-state index is 0.0508. The van der Waals surface area contributed by atoms with Gasteiger partial charge in [0.15, 0.2) is 0 Å². The maximum Gasteiger partial charge on any atom is 0.135 e. The lowest BCUT2D eigenvalue weighted by atomic mass is 10.2. The molecule has 0 saturated heterocycles. The molecular formula is C7H13NO2.